The second-order valence-electron chi connectivity index (χ2n) is 6.71. The quantitative estimate of drug-likeness (QED) is 0.844. The van der Waals surface area contributed by atoms with E-state index in [4.69, 9.17) is 4.74 Å². The van der Waals surface area contributed by atoms with E-state index in [1.54, 1.807) is 12.3 Å². The number of aliphatic imine (C=N–C) groups is 1. The van der Waals surface area contributed by atoms with E-state index in [-0.39, 0.29) is 23.7 Å². The van der Waals surface area contributed by atoms with Crippen LogP contribution in [0.25, 0.3) is 0 Å². The van der Waals surface area contributed by atoms with Gasteiger partial charge in [0.25, 0.3) is 0 Å². The number of amidine groups is 1. The number of hydrogen-bond acceptors (Lipinski definition) is 4. The molecule has 2 heterocycles. The molecule has 0 saturated carbocycles. The highest BCUT2D eigenvalue weighted by atomic mass is 16.5. The zero-order valence-electron chi connectivity index (χ0n) is 14.2. The maximum absolute atomic E-state index is 12.7. The monoisotopic (exact) mass is 336 g/mol. The first-order valence-electron chi connectivity index (χ1n) is 8.58. The number of carbonyl (C=O) groups is 2. The molecule has 25 heavy (non-hydrogen) atoms. The van der Waals surface area contributed by atoms with Crippen molar-refractivity contribution in [3.8, 4) is 0 Å². The Morgan fingerprint density at radius 1 is 1.24 bits per heavy atom. The van der Waals surface area contributed by atoms with Crippen LogP contribution in [0.4, 0.5) is 0 Å². The Labute approximate surface area is 146 Å². The van der Waals surface area contributed by atoms with Gasteiger partial charge >= 0.3 is 5.97 Å². The van der Waals surface area contributed by atoms with Crippen LogP contribution in [0, 0.1) is 5.92 Å². The van der Waals surface area contributed by atoms with Gasteiger partial charge in [-0.2, -0.15) is 0 Å². The van der Waals surface area contributed by atoms with Crippen LogP contribution in [0.3, 0.4) is 0 Å². The van der Waals surface area contributed by atoms with Gasteiger partial charge in [-0.1, -0.05) is 12.6 Å². The highest BCUT2D eigenvalue weighted by Crippen LogP contribution is 2.41. The Hall–Kier alpha value is -2.69. The van der Waals surface area contributed by atoms with E-state index < -0.39 is 0 Å². The van der Waals surface area contributed by atoms with E-state index >= 15 is 0 Å². The number of allylic oxidation sites excluding steroid dienone is 1. The van der Waals surface area contributed by atoms with Crippen LogP contribution in [0.1, 0.15) is 45.8 Å². The first-order chi connectivity index (χ1) is 12.1. The van der Waals surface area contributed by atoms with Crippen molar-refractivity contribution in [1.29, 1.82) is 0 Å². The summed E-state index contributed by atoms with van der Waals surface area (Å²) in [6.45, 7) is 4.10. The van der Waals surface area contributed by atoms with Crippen LogP contribution in [0.2, 0.25) is 0 Å². The summed E-state index contributed by atoms with van der Waals surface area (Å²) in [4.78, 5) is 29.1. The molecule has 4 rings (SSSR count). The number of carbonyl (C=O) groups excluding carboxylic acids is 2. The third-order valence-corrected chi connectivity index (χ3v) is 5.37. The SMILES string of the molecule is C=C1C=CN=C2NC(=O)C(c3ccc(C(=O)OC)c4c3CCCC4)C12. The van der Waals surface area contributed by atoms with Gasteiger partial charge in [0.2, 0.25) is 5.91 Å². The molecule has 1 fully saturated rings. The number of esters is 1. The molecule has 0 bridgehead atoms. The topological polar surface area (TPSA) is 67.8 Å². The fourth-order valence-corrected chi connectivity index (χ4v) is 4.22. The summed E-state index contributed by atoms with van der Waals surface area (Å²) in [5.74, 6) is -0.175. The molecule has 1 aromatic carbocycles. The third-order valence-electron chi connectivity index (χ3n) is 5.37. The maximum atomic E-state index is 12.7. The lowest BCUT2D eigenvalue weighted by Crippen LogP contribution is -2.23. The summed E-state index contributed by atoms with van der Waals surface area (Å²) >= 11 is 0. The lowest BCUT2D eigenvalue weighted by atomic mass is 9.76. The Morgan fingerprint density at radius 3 is 2.76 bits per heavy atom. The molecule has 0 spiro atoms. The minimum Gasteiger partial charge on any atom is -0.465 e. The molecule has 0 aromatic heterocycles. The maximum Gasteiger partial charge on any atom is 0.338 e. The molecule has 5 heteroatoms. The number of hydrogen-bond donors (Lipinski definition) is 1. The van der Waals surface area contributed by atoms with Crippen LogP contribution in [0.5, 0.6) is 0 Å². The number of fused-ring (bicyclic) bond motifs is 2. The number of amides is 1. The lowest BCUT2D eigenvalue weighted by molar-refractivity contribution is -0.120. The lowest BCUT2D eigenvalue weighted by Gasteiger charge is -2.26. The fourth-order valence-electron chi connectivity index (χ4n) is 4.22. The molecule has 2 unspecified atom stereocenters. The summed E-state index contributed by atoms with van der Waals surface area (Å²) in [7, 11) is 1.40. The van der Waals surface area contributed by atoms with E-state index in [1.807, 2.05) is 12.1 Å². The standard InChI is InChI=1S/C20H20N2O3/c1-11-9-10-21-18-16(11)17(19(23)22-18)14-7-8-15(20(24)25-2)13-6-4-3-5-12(13)14/h7-10,16-17H,1,3-6H2,2H3,(H,21,22,23). The number of rotatable bonds is 2. The molecule has 1 amide bonds. The summed E-state index contributed by atoms with van der Waals surface area (Å²) in [5, 5.41) is 2.90. The zero-order valence-corrected chi connectivity index (χ0v) is 14.2. The zero-order chi connectivity index (χ0) is 17.6. The molecule has 1 saturated heterocycles. The molecule has 1 N–H and O–H groups in total. The van der Waals surface area contributed by atoms with Crippen molar-refractivity contribution < 1.29 is 14.3 Å². The minimum absolute atomic E-state index is 0.0489. The minimum atomic E-state index is -0.338. The Morgan fingerprint density at radius 2 is 2.00 bits per heavy atom. The van der Waals surface area contributed by atoms with Gasteiger partial charge in [-0.25, -0.2) is 9.79 Å². The summed E-state index contributed by atoms with van der Waals surface area (Å²) < 4.78 is 4.93. The smallest absolute Gasteiger partial charge is 0.338 e. The second-order valence-corrected chi connectivity index (χ2v) is 6.71. The molecular formula is C20H20N2O3. The largest absolute Gasteiger partial charge is 0.465 e. The van der Waals surface area contributed by atoms with Gasteiger partial charge in [0.15, 0.2) is 0 Å². The van der Waals surface area contributed by atoms with Crippen LogP contribution < -0.4 is 5.32 Å². The van der Waals surface area contributed by atoms with E-state index in [0.29, 0.717) is 11.4 Å². The molecule has 3 aliphatic rings. The van der Waals surface area contributed by atoms with Gasteiger partial charge in [-0.3, -0.25) is 4.79 Å². The molecule has 1 aliphatic carbocycles. The summed E-state index contributed by atoms with van der Waals surface area (Å²) in [6.07, 6.45) is 7.35. The van der Waals surface area contributed by atoms with E-state index in [2.05, 4.69) is 16.9 Å². The Kier molecular flexibility index (Phi) is 3.79. The molecule has 2 aliphatic heterocycles. The number of benzene rings is 1. The normalized spacial score (nSPS) is 24.3. The predicted molar refractivity (Wildman–Crippen MR) is 94.5 cm³/mol. The number of ether oxygens (including phenoxy) is 1. The van der Waals surface area contributed by atoms with Crippen molar-refractivity contribution in [1.82, 2.24) is 5.32 Å². The number of nitrogens with one attached hydrogen (secondary N) is 1. The number of methoxy groups -OCH3 is 1. The fraction of sp³-hybridized carbons (Fsp3) is 0.350. The Balaban J connectivity index is 1.85. The molecular weight excluding hydrogens is 316 g/mol. The van der Waals surface area contributed by atoms with E-state index in [1.165, 1.54) is 7.11 Å². The van der Waals surface area contributed by atoms with Gasteiger partial charge in [0.05, 0.1) is 24.5 Å². The van der Waals surface area contributed by atoms with Crippen LogP contribution in [-0.2, 0) is 22.4 Å². The van der Waals surface area contributed by atoms with Crippen LogP contribution >= 0.6 is 0 Å². The average molecular weight is 336 g/mol. The molecule has 1 aromatic rings. The van der Waals surface area contributed by atoms with Crippen LogP contribution in [-0.4, -0.2) is 24.8 Å². The van der Waals surface area contributed by atoms with Crippen molar-refractivity contribution in [2.75, 3.05) is 7.11 Å². The van der Waals surface area contributed by atoms with Crippen molar-refractivity contribution in [2.24, 2.45) is 10.9 Å². The first-order valence-corrected chi connectivity index (χ1v) is 8.58. The average Bonchev–Trinajstić information content (AvgIpc) is 2.97. The third kappa shape index (κ3) is 2.42. The summed E-state index contributed by atoms with van der Waals surface area (Å²) in [6, 6.07) is 3.71. The highest BCUT2D eigenvalue weighted by Gasteiger charge is 2.44. The van der Waals surface area contributed by atoms with Crippen molar-refractivity contribution in [3.63, 3.8) is 0 Å². The highest BCUT2D eigenvalue weighted by molar-refractivity contribution is 6.12. The van der Waals surface area contributed by atoms with Gasteiger partial charge in [-0.05, 0) is 60.1 Å². The first kappa shape index (κ1) is 15.8. The predicted octanol–water partition coefficient (Wildman–Crippen LogP) is 2.66. The van der Waals surface area contributed by atoms with E-state index in [9.17, 15) is 9.59 Å². The van der Waals surface area contributed by atoms with Gasteiger partial charge in [0.1, 0.15) is 5.84 Å². The van der Waals surface area contributed by atoms with Crippen molar-refractivity contribution >= 4 is 17.7 Å². The molecule has 5 nitrogen and oxygen atoms in total. The van der Waals surface area contributed by atoms with Gasteiger partial charge < -0.3 is 10.1 Å². The molecule has 128 valence electrons. The second kappa shape index (κ2) is 5.99. The van der Waals surface area contributed by atoms with Gasteiger partial charge in [0, 0.05) is 6.20 Å². The van der Waals surface area contributed by atoms with Crippen molar-refractivity contribution in [2.45, 2.75) is 31.6 Å². The Bertz CT molecular complexity index is 851. The number of nitrogens with zero attached hydrogens (tertiary/aromatic N) is 1. The summed E-state index contributed by atoms with van der Waals surface area (Å²) in [5.41, 5.74) is 4.65. The molecule has 2 atom stereocenters. The van der Waals surface area contributed by atoms with E-state index in [0.717, 1.165) is 47.9 Å². The van der Waals surface area contributed by atoms with Crippen molar-refractivity contribution in [3.05, 3.63) is 58.8 Å². The van der Waals surface area contributed by atoms with Gasteiger partial charge in [-0.15, -0.1) is 0 Å². The van der Waals surface area contributed by atoms with Crippen LogP contribution in [0.15, 0.2) is 41.6 Å². The molecule has 0 radical (unpaired) electrons.